The van der Waals surface area contributed by atoms with Gasteiger partial charge in [-0.2, -0.15) is 0 Å². The van der Waals surface area contributed by atoms with Crippen molar-refractivity contribution in [2.24, 2.45) is 0 Å². The van der Waals surface area contributed by atoms with Crippen LogP contribution in [0.15, 0.2) is 0 Å². The van der Waals surface area contributed by atoms with Gasteiger partial charge in [0.2, 0.25) is 0 Å². The predicted octanol–water partition coefficient (Wildman–Crippen LogP) is 8.04. The van der Waals surface area contributed by atoms with Gasteiger partial charge in [0.05, 0.1) is 0 Å². The second-order valence-corrected chi connectivity index (χ2v) is 18.5. The Bertz CT molecular complexity index is 1180. The lowest BCUT2D eigenvalue weighted by molar-refractivity contribution is 0.0176. The number of ether oxygens (including phenoxy) is 5. The molecule has 15 heteroatoms. The zero-order chi connectivity index (χ0) is 42.1. The smallest absolute Gasteiger partial charge is 0.410 e. The molecule has 316 valence electrons. The molecule has 0 aromatic heterocycles. The second-order valence-electron chi connectivity index (χ2n) is 18.5. The van der Waals surface area contributed by atoms with Crippen molar-refractivity contribution in [3.63, 3.8) is 0 Å². The van der Waals surface area contributed by atoms with Gasteiger partial charge < -0.3 is 48.6 Å². The highest BCUT2D eigenvalue weighted by atomic mass is 16.6. The number of nitrogens with zero attached hydrogens (tertiary/aromatic N) is 4. The Hall–Kier alpha value is -3.65. The maximum atomic E-state index is 13.3. The number of rotatable bonds is 17. The minimum absolute atomic E-state index is 0.314. The molecule has 0 bridgehead atoms. The van der Waals surface area contributed by atoms with Gasteiger partial charge in [-0.3, -0.25) is 0 Å². The Morgan fingerprint density at radius 2 is 0.667 bits per heavy atom. The zero-order valence-electron chi connectivity index (χ0n) is 36.6. The number of nitrogens with one attached hydrogen (secondary N) is 1. The third kappa shape index (κ3) is 27.0. The zero-order valence-corrected chi connectivity index (χ0v) is 36.6. The van der Waals surface area contributed by atoms with Crippen molar-refractivity contribution in [1.29, 1.82) is 0 Å². The average Bonchev–Trinajstić information content (AvgIpc) is 2.93. The first kappa shape index (κ1) is 50.4. The summed E-state index contributed by atoms with van der Waals surface area (Å²) in [6.45, 7) is 29.8. The van der Waals surface area contributed by atoms with Crippen LogP contribution in [0.25, 0.3) is 0 Å². The largest absolute Gasteiger partial charge is 0.444 e. The maximum Gasteiger partial charge on any atom is 0.410 e. The first-order valence-electron chi connectivity index (χ1n) is 19.2. The van der Waals surface area contributed by atoms with E-state index in [0.717, 1.165) is 0 Å². The van der Waals surface area contributed by atoms with Crippen LogP contribution in [0.5, 0.6) is 0 Å². The number of unbranched alkanes of at least 4 members (excludes halogenated alkanes) is 1. The van der Waals surface area contributed by atoms with Crippen LogP contribution in [0.2, 0.25) is 0 Å². The molecule has 0 saturated heterocycles. The Balaban J connectivity index is 5.56. The molecule has 0 heterocycles. The van der Waals surface area contributed by atoms with Crippen molar-refractivity contribution < 1.29 is 47.7 Å². The number of amides is 5. The minimum atomic E-state index is -0.709. The fourth-order valence-electron chi connectivity index (χ4n) is 4.62. The van der Waals surface area contributed by atoms with Crippen molar-refractivity contribution in [1.82, 2.24) is 24.9 Å². The SMILES string of the molecule is CN(CCCN(CCCN(CCCCN(CCCNC(=O)OC(C)(C)C)C(=O)OC(C)(C)C)C(=O)OC(C)(C)C)C(=O)OC(C)(C)C)C(=O)OC(C)(C)C. The normalized spacial score (nSPS) is 12.3. The number of hydrogen-bond acceptors (Lipinski definition) is 10. The fourth-order valence-corrected chi connectivity index (χ4v) is 4.62. The van der Waals surface area contributed by atoms with Crippen molar-refractivity contribution in [3.8, 4) is 0 Å². The number of alkyl carbamates (subject to hydrolysis) is 1. The molecule has 0 aliphatic heterocycles. The highest BCUT2D eigenvalue weighted by molar-refractivity contribution is 5.70. The van der Waals surface area contributed by atoms with Crippen LogP contribution < -0.4 is 5.32 Å². The van der Waals surface area contributed by atoms with E-state index in [1.54, 1.807) is 126 Å². The summed E-state index contributed by atoms with van der Waals surface area (Å²) in [4.78, 5) is 70.3. The molecule has 0 aliphatic carbocycles. The van der Waals surface area contributed by atoms with Crippen LogP contribution in [-0.4, -0.2) is 137 Å². The van der Waals surface area contributed by atoms with Crippen LogP contribution in [0.4, 0.5) is 24.0 Å². The molecule has 0 fully saturated rings. The first-order chi connectivity index (χ1) is 24.4. The van der Waals surface area contributed by atoms with Crippen LogP contribution in [0.3, 0.4) is 0 Å². The Morgan fingerprint density at radius 3 is 1.00 bits per heavy atom. The Labute approximate surface area is 326 Å². The first-order valence-corrected chi connectivity index (χ1v) is 19.2. The molecule has 5 amide bonds. The van der Waals surface area contributed by atoms with Crippen molar-refractivity contribution in [3.05, 3.63) is 0 Å². The Kier molecular flexibility index (Phi) is 20.5. The summed E-state index contributed by atoms with van der Waals surface area (Å²) in [5.74, 6) is 0. The molecule has 1 N–H and O–H groups in total. The summed E-state index contributed by atoms with van der Waals surface area (Å²) in [6.07, 6.45) is 0.228. The van der Waals surface area contributed by atoms with Crippen LogP contribution in [-0.2, 0) is 23.7 Å². The molecule has 54 heavy (non-hydrogen) atoms. The predicted molar refractivity (Wildman–Crippen MR) is 210 cm³/mol. The van der Waals surface area contributed by atoms with Gasteiger partial charge in [-0.25, -0.2) is 24.0 Å². The molecular formula is C39H75N5O10. The van der Waals surface area contributed by atoms with E-state index < -0.39 is 58.5 Å². The van der Waals surface area contributed by atoms with Gasteiger partial charge >= 0.3 is 30.5 Å². The highest BCUT2D eigenvalue weighted by Crippen LogP contribution is 2.16. The topological polar surface area (TPSA) is 156 Å². The lowest BCUT2D eigenvalue weighted by Crippen LogP contribution is -2.42. The average molecular weight is 774 g/mol. The van der Waals surface area contributed by atoms with Gasteiger partial charge in [0.15, 0.2) is 0 Å². The van der Waals surface area contributed by atoms with E-state index in [0.29, 0.717) is 84.5 Å². The monoisotopic (exact) mass is 774 g/mol. The molecule has 0 spiro atoms. The van der Waals surface area contributed by atoms with E-state index in [4.69, 9.17) is 23.7 Å². The third-order valence-corrected chi connectivity index (χ3v) is 6.82. The summed E-state index contributed by atoms with van der Waals surface area (Å²) in [5.41, 5.74) is -3.32. The summed E-state index contributed by atoms with van der Waals surface area (Å²) in [5, 5.41) is 2.72. The van der Waals surface area contributed by atoms with E-state index >= 15 is 0 Å². The van der Waals surface area contributed by atoms with Gasteiger partial charge in [0, 0.05) is 59.4 Å². The summed E-state index contributed by atoms with van der Waals surface area (Å²) in [7, 11) is 1.65. The molecule has 0 rings (SSSR count). The molecule has 0 unspecified atom stereocenters. The number of carbonyl (C=O) groups is 5. The van der Waals surface area contributed by atoms with E-state index in [1.807, 2.05) is 0 Å². The number of hydrogen-bond donors (Lipinski definition) is 1. The molecule has 0 aliphatic rings. The molecule has 0 aromatic carbocycles. The molecule has 0 aromatic rings. The second kappa shape index (κ2) is 22.0. The number of carbonyl (C=O) groups excluding carboxylic acids is 5. The molecular weight excluding hydrogens is 698 g/mol. The summed E-state index contributed by atoms with van der Waals surface area (Å²) < 4.78 is 27.7. The van der Waals surface area contributed by atoms with Gasteiger partial charge in [-0.15, -0.1) is 0 Å². The van der Waals surface area contributed by atoms with Crippen LogP contribution >= 0.6 is 0 Å². The fraction of sp³-hybridized carbons (Fsp3) is 0.872. The summed E-state index contributed by atoms with van der Waals surface area (Å²) >= 11 is 0. The van der Waals surface area contributed by atoms with E-state index in [2.05, 4.69) is 5.32 Å². The molecule has 0 atom stereocenters. The van der Waals surface area contributed by atoms with Crippen molar-refractivity contribution in [2.45, 2.75) is 164 Å². The van der Waals surface area contributed by atoms with Crippen molar-refractivity contribution in [2.75, 3.05) is 59.4 Å². The Morgan fingerprint density at radius 1 is 0.389 bits per heavy atom. The molecule has 15 nitrogen and oxygen atoms in total. The molecule has 0 radical (unpaired) electrons. The maximum absolute atomic E-state index is 13.3. The van der Waals surface area contributed by atoms with Crippen LogP contribution in [0, 0.1) is 0 Å². The van der Waals surface area contributed by atoms with E-state index in [9.17, 15) is 24.0 Å². The summed E-state index contributed by atoms with van der Waals surface area (Å²) in [6, 6.07) is 0. The standard InChI is InChI=1S/C39H75N5O10/c1-35(2,3)50-30(45)40-22-19-26-42(32(47)52-37(7,8)9)24-17-18-25-43(33(48)53-38(10,11)12)28-21-29-44(34(49)54-39(13,14)15)27-20-23-41(16)31(46)51-36(4,5)6/h17-29H2,1-16H3,(H,40,45). The lowest BCUT2D eigenvalue weighted by atomic mass is 10.2. The van der Waals surface area contributed by atoms with Gasteiger partial charge in [0.1, 0.15) is 28.0 Å². The van der Waals surface area contributed by atoms with Gasteiger partial charge in [0.25, 0.3) is 0 Å². The van der Waals surface area contributed by atoms with Crippen LogP contribution in [0.1, 0.15) is 136 Å². The highest BCUT2D eigenvalue weighted by Gasteiger charge is 2.27. The lowest BCUT2D eigenvalue weighted by Gasteiger charge is -2.31. The quantitative estimate of drug-likeness (QED) is 0.113. The van der Waals surface area contributed by atoms with Gasteiger partial charge in [-0.05, 0) is 136 Å². The molecule has 0 saturated carbocycles. The third-order valence-electron chi connectivity index (χ3n) is 6.82. The van der Waals surface area contributed by atoms with E-state index in [-0.39, 0.29) is 0 Å². The van der Waals surface area contributed by atoms with Gasteiger partial charge in [-0.1, -0.05) is 0 Å². The van der Waals surface area contributed by atoms with E-state index in [1.165, 1.54) is 4.90 Å². The van der Waals surface area contributed by atoms with Crippen molar-refractivity contribution >= 4 is 30.5 Å². The minimum Gasteiger partial charge on any atom is -0.444 e.